The van der Waals surface area contributed by atoms with Crippen molar-refractivity contribution in [3.63, 3.8) is 0 Å². The van der Waals surface area contributed by atoms with Crippen LogP contribution in [-0.4, -0.2) is 34.7 Å². The fraction of sp³-hybridized carbons (Fsp3) is 0.222. The van der Waals surface area contributed by atoms with E-state index in [2.05, 4.69) is 37.7 Å². The lowest BCUT2D eigenvalue weighted by Crippen LogP contribution is -2.36. The van der Waals surface area contributed by atoms with Crippen molar-refractivity contribution in [1.29, 1.82) is 0 Å². The Morgan fingerprint density at radius 1 is 1.04 bits per heavy atom. The van der Waals surface area contributed by atoms with E-state index < -0.39 is 10.0 Å². The molecule has 2 N–H and O–H groups in total. The quantitative estimate of drug-likeness (QED) is 0.679. The van der Waals surface area contributed by atoms with E-state index in [0.717, 1.165) is 42.0 Å². The van der Waals surface area contributed by atoms with Gasteiger partial charge in [-0.25, -0.2) is 8.42 Å². The van der Waals surface area contributed by atoms with Gasteiger partial charge in [0.25, 0.3) is 10.0 Å². The third-order valence-corrected chi connectivity index (χ3v) is 5.84. The second-order valence-electron chi connectivity index (χ2n) is 5.81. The number of hydrogen-bond acceptors (Lipinski definition) is 5. The highest BCUT2D eigenvalue weighted by atomic mass is 79.9. The average Bonchev–Trinajstić information content (AvgIpc) is 2.67. The van der Waals surface area contributed by atoms with Crippen molar-refractivity contribution in [2.45, 2.75) is 4.90 Å². The van der Waals surface area contributed by atoms with E-state index in [1.165, 1.54) is 12.1 Å². The van der Waals surface area contributed by atoms with Gasteiger partial charge in [-0.15, -0.1) is 4.83 Å². The summed E-state index contributed by atoms with van der Waals surface area (Å²) in [6.07, 6.45) is 0. The second-order valence-corrected chi connectivity index (χ2v) is 8.41. The molecule has 2 aromatic rings. The van der Waals surface area contributed by atoms with Gasteiger partial charge < -0.3 is 15.1 Å². The summed E-state index contributed by atoms with van der Waals surface area (Å²) in [6.45, 7) is 7.09. The summed E-state index contributed by atoms with van der Waals surface area (Å²) in [5.74, 6) is 0. The van der Waals surface area contributed by atoms with Crippen LogP contribution < -0.4 is 15.2 Å². The number of ether oxygens (including phenoxy) is 1. The molecule has 0 amide bonds. The molecular weight excluding hydrogens is 418 g/mol. The van der Waals surface area contributed by atoms with Crippen molar-refractivity contribution < 1.29 is 13.2 Å². The van der Waals surface area contributed by atoms with Crippen LogP contribution in [-0.2, 0) is 14.8 Å². The molecule has 3 rings (SSSR count). The number of sulfonamides is 1. The van der Waals surface area contributed by atoms with Crippen LogP contribution in [0.3, 0.4) is 0 Å². The minimum Gasteiger partial charge on any atom is -0.378 e. The third kappa shape index (κ3) is 4.64. The fourth-order valence-corrected chi connectivity index (χ4v) is 3.70. The van der Waals surface area contributed by atoms with Gasteiger partial charge in [0.1, 0.15) is 0 Å². The first-order valence-corrected chi connectivity index (χ1v) is 10.4. The number of anilines is 1. The lowest BCUT2D eigenvalue weighted by atomic mass is 10.1. The van der Waals surface area contributed by atoms with Gasteiger partial charge in [0.15, 0.2) is 0 Å². The van der Waals surface area contributed by atoms with Crippen LogP contribution in [0.4, 0.5) is 5.69 Å². The van der Waals surface area contributed by atoms with E-state index in [1.807, 2.05) is 24.3 Å². The standard InChI is InChI=1S/C18H20BrN3O3S/c1-14(20-21-26(23,24)18-8-4-16(19)5-9-18)15-2-6-17(7-3-15)22-10-12-25-13-11-22/h2-9,20-21H,1,10-13H2. The highest BCUT2D eigenvalue weighted by Crippen LogP contribution is 2.19. The first-order chi connectivity index (χ1) is 12.5. The molecule has 0 aliphatic carbocycles. The zero-order valence-corrected chi connectivity index (χ0v) is 16.5. The van der Waals surface area contributed by atoms with Gasteiger partial charge in [-0.2, -0.15) is 0 Å². The molecule has 6 nitrogen and oxygen atoms in total. The molecule has 0 aromatic heterocycles. The molecule has 0 unspecified atom stereocenters. The topological polar surface area (TPSA) is 70.7 Å². The maximum absolute atomic E-state index is 12.3. The zero-order valence-electron chi connectivity index (χ0n) is 14.1. The average molecular weight is 438 g/mol. The van der Waals surface area contributed by atoms with E-state index in [9.17, 15) is 8.42 Å². The molecule has 1 fully saturated rings. The Labute approximate surface area is 162 Å². The van der Waals surface area contributed by atoms with Crippen molar-refractivity contribution in [1.82, 2.24) is 10.3 Å². The van der Waals surface area contributed by atoms with Gasteiger partial charge in [0.2, 0.25) is 0 Å². The number of rotatable bonds is 6. The Morgan fingerprint density at radius 3 is 2.27 bits per heavy atom. The highest BCUT2D eigenvalue weighted by Gasteiger charge is 2.14. The van der Waals surface area contributed by atoms with Crippen LogP contribution in [0.25, 0.3) is 5.70 Å². The summed E-state index contributed by atoms with van der Waals surface area (Å²) in [5, 5.41) is 0. The van der Waals surface area contributed by atoms with Crippen LogP contribution >= 0.6 is 15.9 Å². The van der Waals surface area contributed by atoms with E-state index in [1.54, 1.807) is 12.1 Å². The zero-order chi connectivity index (χ0) is 18.6. The lowest BCUT2D eigenvalue weighted by Gasteiger charge is -2.29. The van der Waals surface area contributed by atoms with Crippen LogP contribution in [0, 0.1) is 0 Å². The Kier molecular flexibility index (Phi) is 5.98. The van der Waals surface area contributed by atoms with Crippen LogP contribution in [0.2, 0.25) is 0 Å². The molecule has 0 atom stereocenters. The summed E-state index contributed by atoms with van der Waals surface area (Å²) in [5.41, 5.74) is 5.06. The first-order valence-electron chi connectivity index (χ1n) is 8.11. The molecule has 0 spiro atoms. The lowest BCUT2D eigenvalue weighted by molar-refractivity contribution is 0.122. The number of hydrogen-bond donors (Lipinski definition) is 2. The number of nitrogens with one attached hydrogen (secondary N) is 2. The summed E-state index contributed by atoms with van der Waals surface area (Å²) < 4.78 is 30.8. The van der Waals surface area contributed by atoms with Crippen LogP contribution in [0.1, 0.15) is 5.56 Å². The molecule has 1 aliphatic rings. The van der Waals surface area contributed by atoms with E-state index in [4.69, 9.17) is 4.74 Å². The summed E-state index contributed by atoms with van der Waals surface area (Å²) in [4.78, 5) is 4.77. The van der Waals surface area contributed by atoms with Gasteiger partial charge >= 0.3 is 0 Å². The molecule has 2 aromatic carbocycles. The second kappa shape index (κ2) is 8.22. The van der Waals surface area contributed by atoms with Crippen molar-refractivity contribution in [2.24, 2.45) is 0 Å². The smallest absolute Gasteiger partial charge is 0.257 e. The van der Waals surface area contributed by atoms with Gasteiger partial charge in [-0.3, -0.25) is 0 Å². The maximum atomic E-state index is 12.3. The number of hydrazine groups is 1. The third-order valence-electron chi connectivity index (χ3n) is 4.05. The number of nitrogens with zero attached hydrogens (tertiary/aromatic N) is 1. The molecule has 1 heterocycles. The van der Waals surface area contributed by atoms with Crippen LogP contribution in [0.5, 0.6) is 0 Å². The van der Waals surface area contributed by atoms with Crippen molar-refractivity contribution in [2.75, 3.05) is 31.2 Å². The van der Waals surface area contributed by atoms with Crippen molar-refractivity contribution in [3.05, 3.63) is 65.1 Å². The van der Waals surface area contributed by atoms with Gasteiger partial charge in [0, 0.05) is 28.9 Å². The normalized spacial score (nSPS) is 14.9. The highest BCUT2D eigenvalue weighted by molar-refractivity contribution is 9.10. The van der Waals surface area contributed by atoms with Gasteiger partial charge in [-0.05, 0) is 42.0 Å². The van der Waals surface area contributed by atoms with Crippen molar-refractivity contribution >= 4 is 37.3 Å². The summed E-state index contributed by atoms with van der Waals surface area (Å²) >= 11 is 3.28. The Morgan fingerprint density at radius 2 is 1.65 bits per heavy atom. The van der Waals surface area contributed by atoms with Crippen LogP contribution in [0.15, 0.2) is 64.5 Å². The molecular formula is C18H20BrN3O3S. The number of halogens is 1. The Bertz CT molecular complexity index is 862. The summed E-state index contributed by atoms with van der Waals surface area (Å²) in [6, 6.07) is 14.2. The molecule has 26 heavy (non-hydrogen) atoms. The molecule has 0 saturated carbocycles. The predicted molar refractivity (Wildman–Crippen MR) is 106 cm³/mol. The largest absolute Gasteiger partial charge is 0.378 e. The van der Waals surface area contributed by atoms with E-state index >= 15 is 0 Å². The molecule has 1 aliphatic heterocycles. The van der Waals surface area contributed by atoms with Gasteiger partial charge in [-0.1, -0.05) is 34.6 Å². The Balaban J connectivity index is 1.61. The monoisotopic (exact) mass is 437 g/mol. The number of morpholine rings is 1. The predicted octanol–water partition coefficient (Wildman–Crippen LogP) is 2.74. The van der Waals surface area contributed by atoms with Gasteiger partial charge in [0.05, 0.1) is 18.1 Å². The molecule has 1 saturated heterocycles. The minimum absolute atomic E-state index is 0.170. The summed E-state index contributed by atoms with van der Waals surface area (Å²) in [7, 11) is -3.67. The van der Waals surface area contributed by atoms with Crippen molar-refractivity contribution in [3.8, 4) is 0 Å². The molecule has 8 heteroatoms. The molecule has 0 radical (unpaired) electrons. The SMILES string of the molecule is C=C(NNS(=O)(=O)c1ccc(Br)cc1)c1ccc(N2CCOCC2)cc1. The molecule has 138 valence electrons. The number of benzene rings is 2. The first kappa shape index (κ1) is 18.9. The minimum atomic E-state index is -3.67. The Hall–Kier alpha value is -1.87. The fourth-order valence-electron chi connectivity index (χ4n) is 2.57. The van der Waals surface area contributed by atoms with E-state index in [0.29, 0.717) is 5.70 Å². The molecule has 0 bridgehead atoms. The maximum Gasteiger partial charge on any atom is 0.257 e. The van der Waals surface area contributed by atoms with E-state index in [-0.39, 0.29) is 4.90 Å².